The third-order valence-electron chi connectivity index (χ3n) is 4.76. The fourth-order valence-corrected chi connectivity index (χ4v) is 3.55. The quantitative estimate of drug-likeness (QED) is 0.683. The molecular formula is C23H24O2. The van der Waals surface area contributed by atoms with E-state index in [4.69, 9.17) is 0 Å². The number of hydrogen-bond donors (Lipinski definition) is 2. The molecule has 2 heteroatoms. The van der Waals surface area contributed by atoms with E-state index in [0.717, 1.165) is 27.8 Å². The van der Waals surface area contributed by atoms with Crippen molar-refractivity contribution < 1.29 is 10.2 Å². The second-order valence-electron chi connectivity index (χ2n) is 6.66. The molecule has 0 amide bonds. The van der Waals surface area contributed by atoms with Crippen LogP contribution in [-0.2, 0) is 5.60 Å². The molecule has 3 aromatic carbocycles. The second kappa shape index (κ2) is 6.83. The van der Waals surface area contributed by atoms with Crippen LogP contribution in [-0.4, -0.2) is 10.2 Å². The van der Waals surface area contributed by atoms with Crippen LogP contribution >= 0.6 is 0 Å². The van der Waals surface area contributed by atoms with Crippen LogP contribution in [0, 0.1) is 13.8 Å². The Kier molecular flexibility index (Phi) is 4.76. The summed E-state index contributed by atoms with van der Waals surface area (Å²) in [6.07, 6.45) is -0.669. The lowest BCUT2D eigenvalue weighted by molar-refractivity contribution is 0.117. The molecule has 0 aliphatic heterocycles. The van der Waals surface area contributed by atoms with Gasteiger partial charge in [-0.1, -0.05) is 78.4 Å². The molecule has 2 atom stereocenters. The zero-order valence-electron chi connectivity index (χ0n) is 14.9. The average molecular weight is 332 g/mol. The molecule has 0 spiro atoms. The Bertz CT molecular complexity index is 868. The highest BCUT2D eigenvalue weighted by molar-refractivity contribution is 5.53. The van der Waals surface area contributed by atoms with Crippen molar-refractivity contribution >= 4 is 0 Å². The third-order valence-corrected chi connectivity index (χ3v) is 4.76. The van der Waals surface area contributed by atoms with Crippen molar-refractivity contribution in [2.45, 2.75) is 32.5 Å². The molecule has 0 fully saturated rings. The molecule has 0 aromatic heterocycles. The van der Waals surface area contributed by atoms with Crippen molar-refractivity contribution in [3.05, 3.63) is 106 Å². The Morgan fingerprint density at radius 3 is 2.08 bits per heavy atom. The molecule has 0 radical (unpaired) electrons. The Balaban J connectivity index is 2.35. The van der Waals surface area contributed by atoms with Crippen molar-refractivity contribution in [2.24, 2.45) is 0 Å². The fourth-order valence-electron chi connectivity index (χ4n) is 3.55. The van der Waals surface area contributed by atoms with E-state index >= 15 is 0 Å². The van der Waals surface area contributed by atoms with Gasteiger partial charge in [0.2, 0.25) is 0 Å². The van der Waals surface area contributed by atoms with E-state index in [1.807, 2.05) is 80.6 Å². The summed E-state index contributed by atoms with van der Waals surface area (Å²) in [5.41, 5.74) is 3.91. The molecule has 128 valence electrons. The van der Waals surface area contributed by atoms with E-state index in [1.54, 1.807) is 6.92 Å². The molecule has 25 heavy (non-hydrogen) atoms. The first-order valence-corrected chi connectivity index (χ1v) is 8.57. The van der Waals surface area contributed by atoms with E-state index in [0.29, 0.717) is 5.56 Å². The van der Waals surface area contributed by atoms with Crippen molar-refractivity contribution in [3.8, 4) is 0 Å². The van der Waals surface area contributed by atoms with Gasteiger partial charge in [-0.25, -0.2) is 0 Å². The van der Waals surface area contributed by atoms with Crippen LogP contribution in [0.2, 0.25) is 0 Å². The highest BCUT2D eigenvalue weighted by Gasteiger charge is 2.37. The van der Waals surface area contributed by atoms with Crippen molar-refractivity contribution in [1.82, 2.24) is 0 Å². The summed E-state index contributed by atoms with van der Waals surface area (Å²) in [7, 11) is 0. The minimum Gasteiger partial charge on any atom is -0.389 e. The van der Waals surface area contributed by atoms with Gasteiger partial charge in [0.05, 0.1) is 6.10 Å². The molecule has 0 saturated heterocycles. The Hall–Kier alpha value is -2.42. The Labute approximate surface area is 149 Å². The van der Waals surface area contributed by atoms with Gasteiger partial charge in [0.25, 0.3) is 0 Å². The summed E-state index contributed by atoms with van der Waals surface area (Å²) in [6, 6.07) is 23.3. The summed E-state index contributed by atoms with van der Waals surface area (Å²) < 4.78 is 0. The van der Waals surface area contributed by atoms with E-state index in [1.165, 1.54) is 0 Å². The smallest absolute Gasteiger partial charge is 0.141 e. The number of rotatable bonds is 4. The van der Waals surface area contributed by atoms with Crippen molar-refractivity contribution in [1.29, 1.82) is 0 Å². The van der Waals surface area contributed by atoms with E-state index in [9.17, 15) is 10.2 Å². The van der Waals surface area contributed by atoms with Gasteiger partial charge in [-0.05, 0) is 48.6 Å². The Morgan fingerprint density at radius 1 is 0.800 bits per heavy atom. The third kappa shape index (κ3) is 3.11. The van der Waals surface area contributed by atoms with E-state index in [-0.39, 0.29) is 0 Å². The number of benzene rings is 3. The maximum Gasteiger partial charge on any atom is 0.141 e. The number of aliphatic hydroxyl groups excluding tert-OH is 1. The summed E-state index contributed by atoms with van der Waals surface area (Å²) in [4.78, 5) is 0. The zero-order valence-corrected chi connectivity index (χ0v) is 14.9. The van der Waals surface area contributed by atoms with E-state index in [2.05, 4.69) is 6.07 Å². The molecule has 0 aliphatic carbocycles. The molecule has 1 unspecified atom stereocenters. The van der Waals surface area contributed by atoms with Gasteiger partial charge in [-0.2, -0.15) is 0 Å². The highest BCUT2D eigenvalue weighted by atomic mass is 16.3. The van der Waals surface area contributed by atoms with Gasteiger partial charge in [-0.15, -0.1) is 0 Å². The fraction of sp³-hybridized carbons (Fsp3) is 0.217. The lowest BCUT2D eigenvalue weighted by Crippen LogP contribution is -2.31. The number of hydrogen-bond acceptors (Lipinski definition) is 2. The van der Waals surface area contributed by atoms with Gasteiger partial charge in [0.15, 0.2) is 0 Å². The molecule has 0 heterocycles. The van der Waals surface area contributed by atoms with Crippen LogP contribution < -0.4 is 0 Å². The first-order valence-electron chi connectivity index (χ1n) is 8.57. The van der Waals surface area contributed by atoms with Gasteiger partial charge >= 0.3 is 0 Å². The number of aryl methyl sites for hydroxylation is 2. The van der Waals surface area contributed by atoms with Crippen molar-refractivity contribution in [2.75, 3.05) is 0 Å². The molecule has 3 rings (SSSR count). The van der Waals surface area contributed by atoms with Gasteiger partial charge in [-0.3, -0.25) is 0 Å². The van der Waals surface area contributed by atoms with Crippen molar-refractivity contribution in [3.63, 3.8) is 0 Å². The van der Waals surface area contributed by atoms with Crippen LogP contribution in [0.25, 0.3) is 0 Å². The molecule has 0 saturated carbocycles. The minimum absolute atomic E-state index is 0.669. The van der Waals surface area contributed by atoms with Gasteiger partial charge in [0, 0.05) is 0 Å². The topological polar surface area (TPSA) is 40.5 Å². The maximum atomic E-state index is 12.0. The highest BCUT2D eigenvalue weighted by Crippen LogP contribution is 2.41. The van der Waals surface area contributed by atoms with Gasteiger partial charge < -0.3 is 10.2 Å². The maximum absolute atomic E-state index is 12.0. The normalized spacial score (nSPS) is 14.8. The molecule has 2 nitrogen and oxygen atoms in total. The van der Waals surface area contributed by atoms with Crippen LogP contribution in [0.1, 0.15) is 46.4 Å². The lowest BCUT2D eigenvalue weighted by Gasteiger charge is -2.34. The van der Waals surface area contributed by atoms with E-state index < -0.39 is 11.7 Å². The SMILES string of the molecule is Cc1ccc(C(O)(c2ccccc2)c2ccccc2[C@H](C)O)c(C)c1. The minimum atomic E-state index is -1.33. The standard InChI is InChI=1S/C23H24O2/c1-16-13-14-21(17(2)15-16)23(25,19-9-5-4-6-10-19)22-12-8-7-11-20(22)18(3)24/h4-15,18,24-25H,1-3H3/t18-,23?/m0/s1. The molecule has 0 aliphatic rings. The summed E-state index contributed by atoms with van der Waals surface area (Å²) in [5.74, 6) is 0. The first kappa shape index (κ1) is 17.4. The molecule has 2 N–H and O–H groups in total. The molecular weight excluding hydrogens is 308 g/mol. The summed E-state index contributed by atoms with van der Waals surface area (Å²) in [6.45, 7) is 5.79. The van der Waals surface area contributed by atoms with Crippen LogP contribution in [0.15, 0.2) is 72.8 Å². The Morgan fingerprint density at radius 2 is 1.44 bits per heavy atom. The molecule has 0 bridgehead atoms. The monoisotopic (exact) mass is 332 g/mol. The summed E-state index contributed by atoms with van der Waals surface area (Å²) in [5, 5.41) is 22.3. The first-order chi connectivity index (χ1) is 11.9. The predicted octanol–water partition coefficient (Wildman–Crippen LogP) is 4.64. The predicted molar refractivity (Wildman–Crippen MR) is 102 cm³/mol. The largest absolute Gasteiger partial charge is 0.389 e. The average Bonchev–Trinajstić information content (AvgIpc) is 2.62. The number of aliphatic hydroxyl groups is 2. The second-order valence-corrected chi connectivity index (χ2v) is 6.66. The van der Waals surface area contributed by atoms with Crippen LogP contribution in [0.4, 0.5) is 0 Å². The zero-order chi connectivity index (χ0) is 18.0. The molecule has 3 aromatic rings. The summed E-state index contributed by atoms with van der Waals surface area (Å²) >= 11 is 0. The van der Waals surface area contributed by atoms with Gasteiger partial charge in [0.1, 0.15) is 5.60 Å². The van der Waals surface area contributed by atoms with Crippen LogP contribution in [0.5, 0.6) is 0 Å². The lowest BCUT2D eigenvalue weighted by atomic mass is 9.76. The van der Waals surface area contributed by atoms with Crippen LogP contribution in [0.3, 0.4) is 0 Å².